The zero-order valence-electron chi connectivity index (χ0n) is 16.6. The molecule has 30 heavy (non-hydrogen) atoms. The number of nitrogens with one attached hydrogen (secondary N) is 1. The first-order valence-corrected chi connectivity index (χ1v) is 9.34. The van der Waals surface area contributed by atoms with Gasteiger partial charge in [-0.15, -0.1) is 0 Å². The molecule has 154 valence electrons. The summed E-state index contributed by atoms with van der Waals surface area (Å²) in [5, 5.41) is 6.68. The molecule has 3 rings (SSSR count). The van der Waals surface area contributed by atoms with E-state index in [4.69, 9.17) is 9.47 Å². The van der Waals surface area contributed by atoms with Gasteiger partial charge in [0.15, 0.2) is 12.3 Å². The van der Waals surface area contributed by atoms with Crippen molar-refractivity contribution >= 4 is 17.6 Å². The first-order chi connectivity index (χ1) is 14.5. The van der Waals surface area contributed by atoms with Crippen molar-refractivity contribution in [2.75, 3.05) is 18.5 Å². The number of hydrogen-bond acceptors (Lipinski definition) is 6. The molecule has 0 aliphatic heterocycles. The van der Waals surface area contributed by atoms with Gasteiger partial charge in [-0.05, 0) is 37.6 Å². The molecule has 0 bridgehead atoms. The van der Waals surface area contributed by atoms with Crippen LogP contribution in [-0.4, -0.2) is 34.9 Å². The lowest BCUT2D eigenvalue weighted by molar-refractivity contribution is -0.118. The van der Waals surface area contributed by atoms with Gasteiger partial charge in [0.1, 0.15) is 5.75 Å². The Morgan fingerprint density at radius 2 is 1.77 bits per heavy atom. The Hall–Kier alpha value is -3.94. The van der Waals surface area contributed by atoms with Gasteiger partial charge in [0.2, 0.25) is 0 Å². The maximum atomic E-state index is 12.7. The van der Waals surface area contributed by atoms with E-state index < -0.39 is 17.4 Å². The first-order valence-electron chi connectivity index (χ1n) is 9.34. The van der Waals surface area contributed by atoms with Crippen LogP contribution in [0, 0.1) is 6.92 Å². The smallest absolute Gasteiger partial charge is 0.360 e. The molecule has 0 atom stereocenters. The number of esters is 1. The highest BCUT2D eigenvalue weighted by atomic mass is 16.5. The molecule has 0 spiro atoms. The largest absolute Gasteiger partial charge is 0.484 e. The number of hydrogen-bond donors (Lipinski definition) is 1. The monoisotopic (exact) mass is 407 g/mol. The normalized spacial score (nSPS) is 10.3. The first kappa shape index (κ1) is 20.8. The maximum Gasteiger partial charge on any atom is 0.360 e. The van der Waals surface area contributed by atoms with Crippen LogP contribution >= 0.6 is 0 Å². The Kier molecular flexibility index (Phi) is 6.59. The third-order valence-electron chi connectivity index (χ3n) is 4.13. The van der Waals surface area contributed by atoms with Gasteiger partial charge in [0.25, 0.3) is 11.5 Å². The second-order valence-corrected chi connectivity index (χ2v) is 6.31. The Morgan fingerprint density at radius 3 is 2.47 bits per heavy atom. The van der Waals surface area contributed by atoms with Crippen molar-refractivity contribution in [1.82, 2.24) is 9.78 Å². The number of amides is 1. The SMILES string of the molecule is CCOC(=O)c1nn(-c2ccccc2C)c(=O)cc1NC(=O)COc1ccccc1. The van der Waals surface area contributed by atoms with E-state index >= 15 is 0 Å². The number of para-hydroxylation sites is 2. The van der Waals surface area contributed by atoms with Crippen LogP contribution < -0.4 is 15.6 Å². The lowest BCUT2D eigenvalue weighted by Gasteiger charge is -2.13. The lowest BCUT2D eigenvalue weighted by Crippen LogP contribution is -2.29. The van der Waals surface area contributed by atoms with Crippen LogP contribution in [0.3, 0.4) is 0 Å². The van der Waals surface area contributed by atoms with Gasteiger partial charge in [0, 0.05) is 6.07 Å². The summed E-state index contributed by atoms with van der Waals surface area (Å²) in [5.74, 6) is -0.773. The van der Waals surface area contributed by atoms with Crippen molar-refractivity contribution in [1.29, 1.82) is 0 Å². The molecule has 0 unspecified atom stereocenters. The fraction of sp³-hybridized carbons (Fsp3) is 0.182. The highest BCUT2D eigenvalue weighted by Crippen LogP contribution is 2.16. The van der Waals surface area contributed by atoms with E-state index in [1.165, 1.54) is 0 Å². The molecule has 1 N–H and O–H groups in total. The summed E-state index contributed by atoms with van der Waals surface area (Å²) < 4.78 is 11.5. The van der Waals surface area contributed by atoms with Gasteiger partial charge in [0.05, 0.1) is 18.0 Å². The predicted molar refractivity (Wildman–Crippen MR) is 111 cm³/mol. The summed E-state index contributed by atoms with van der Waals surface area (Å²) in [7, 11) is 0. The average Bonchev–Trinajstić information content (AvgIpc) is 2.74. The molecule has 1 amide bonds. The summed E-state index contributed by atoms with van der Waals surface area (Å²) in [4.78, 5) is 37.4. The van der Waals surface area contributed by atoms with Gasteiger partial charge in [-0.25, -0.2) is 4.79 Å². The minimum absolute atomic E-state index is 0.0371. The van der Waals surface area contributed by atoms with E-state index in [0.717, 1.165) is 16.3 Å². The molecule has 8 nitrogen and oxygen atoms in total. The summed E-state index contributed by atoms with van der Waals surface area (Å²) in [6.45, 7) is 3.30. The second kappa shape index (κ2) is 9.51. The fourth-order valence-electron chi connectivity index (χ4n) is 2.73. The van der Waals surface area contributed by atoms with Crippen molar-refractivity contribution in [3.63, 3.8) is 0 Å². The highest BCUT2D eigenvalue weighted by Gasteiger charge is 2.20. The highest BCUT2D eigenvalue weighted by molar-refractivity contribution is 6.00. The molecule has 8 heteroatoms. The number of ether oxygens (including phenoxy) is 2. The molecule has 0 saturated carbocycles. The summed E-state index contributed by atoms with van der Waals surface area (Å²) in [6, 6.07) is 17.1. The van der Waals surface area contributed by atoms with Crippen molar-refractivity contribution in [3.8, 4) is 11.4 Å². The molecule has 0 saturated heterocycles. The van der Waals surface area contributed by atoms with Crippen LogP contribution in [0.4, 0.5) is 5.69 Å². The summed E-state index contributed by atoms with van der Waals surface area (Å²) in [6.07, 6.45) is 0. The van der Waals surface area contributed by atoms with E-state index in [2.05, 4.69) is 10.4 Å². The third kappa shape index (κ3) is 4.91. The maximum absolute atomic E-state index is 12.7. The topological polar surface area (TPSA) is 99.5 Å². The molecular weight excluding hydrogens is 386 g/mol. The molecule has 2 aromatic carbocycles. The lowest BCUT2D eigenvalue weighted by atomic mass is 10.2. The molecule has 3 aromatic rings. The molecule has 0 aliphatic rings. The Labute approximate surface area is 173 Å². The molecular formula is C22H21N3O5. The Balaban J connectivity index is 1.90. The van der Waals surface area contributed by atoms with Gasteiger partial charge < -0.3 is 14.8 Å². The summed E-state index contributed by atoms with van der Waals surface area (Å²) >= 11 is 0. The second-order valence-electron chi connectivity index (χ2n) is 6.31. The number of anilines is 1. The molecule has 1 aromatic heterocycles. The predicted octanol–water partition coefficient (Wildman–Crippen LogP) is 2.74. The number of carbonyl (C=O) groups excluding carboxylic acids is 2. The Morgan fingerprint density at radius 1 is 1.07 bits per heavy atom. The zero-order chi connectivity index (χ0) is 21.5. The van der Waals surface area contributed by atoms with Crippen LogP contribution in [0.2, 0.25) is 0 Å². The van der Waals surface area contributed by atoms with Crippen molar-refractivity contribution in [2.24, 2.45) is 0 Å². The quantitative estimate of drug-likeness (QED) is 0.605. The van der Waals surface area contributed by atoms with Gasteiger partial charge in [-0.2, -0.15) is 9.78 Å². The van der Waals surface area contributed by atoms with Crippen LogP contribution in [-0.2, 0) is 9.53 Å². The summed E-state index contributed by atoms with van der Waals surface area (Å²) in [5.41, 5.74) is 0.614. The zero-order valence-corrected chi connectivity index (χ0v) is 16.6. The van der Waals surface area contributed by atoms with E-state index in [0.29, 0.717) is 11.4 Å². The van der Waals surface area contributed by atoms with Gasteiger partial charge in [-0.1, -0.05) is 36.4 Å². The standard InChI is InChI=1S/C22H21N3O5/c1-3-29-22(28)21-17(23-19(26)14-30-16-10-5-4-6-11-16)13-20(27)25(24-21)18-12-8-7-9-15(18)2/h4-13H,3,14H2,1-2H3,(H,23,26). The third-order valence-corrected chi connectivity index (χ3v) is 4.13. The average molecular weight is 407 g/mol. The van der Waals surface area contributed by atoms with E-state index in [1.807, 2.05) is 25.1 Å². The van der Waals surface area contributed by atoms with Crippen molar-refractivity contribution in [3.05, 3.63) is 82.3 Å². The minimum Gasteiger partial charge on any atom is -0.484 e. The number of aromatic nitrogens is 2. The number of nitrogens with zero attached hydrogens (tertiary/aromatic N) is 2. The van der Waals surface area contributed by atoms with Crippen LogP contribution in [0.15, 0.2) is 65.5 Å². The van der Waals surface area contributed by atoms with Crippen molar-refractivity contribution in [2.45, 2.75) is 13.8 Å². The molecule has 0 aliphatic carbocycles. The minimum atomic E-state index is -0.751. The van der Waals surface area contributed by atoms with Gasteiger partial charge >= 0.3 is 5.97 Å². The van der Waals surface area contributed by atoms with Gasteiger partial charge in [-0.3, -0.25) is 9.59 Å². The molecule has 0 fully saturated rings. The fourth-order valence-corrected chi connectivity index (χ4v) is 2.73. The van der Waals surface area contributed by atoms with E-state index in [-0.39, 0.29) is 24.6 Å². The molecule has 0 radical (unpaired) electrons. The van der Waals surface area contributed by atoms with E-state index in [9.17, 15) is 14.4 Å². The van der Waals surface area contributed by atoms with Crippen LogP contribution in [0.1, 0.15) is 23.0 Å². The molecule has 1 heterocycles. The van der Waals surface area contributed by atoms with E-state index in [1.54, 1.807) is 43.3 Å². The number of benzene rings is 2. The van der Waals surface area contributed by atoms with Crippen LogP contribution in [0.25, 0.3) is 5.69 Å². The number of carbonyl (C=O) groups is 2. The Bertz CT molecular complexity index is 1110. The number of rotatable bonds is 7. The van der Waals surface area contributed by atoms with Crippen LogP contribution in [0.5, 0.6) is 5.75 Å². The number of aryl methyl sites for hydroxylation is 1. The van der Waals surface area contributed by atoms with Crippen molar-refractivity contribution < 1.29 is 19.1 Å².